The summed E-state index contributed by atoms with van der Waals surface area (Å²) < 4.78 is 6.07. The van der Waals surface area contributed by atoms with Crippen LogP contribution in [0.15, 0.2) is 46.9 Å². The van der Waals surface area contributed by atoms with Crippen LogP contribution < -0.4 is 10.1 Å². The molecule has 0 radical (unpaired) electrons. The SMILES string of the molecule is Cc1ccccc1NC(=O)COc1ccc(C=O)cc1Br. The predicted octanol–water partition coefficient (Wildman–Crippen LogP) is 3.59. The smallest absolute Gasteiger partial charge is 0.262 e. The van der Waals surface area contributed by atoms with Crippen LogP contribution in [0.3, 0.4) is 0 Å². The zero-order valence-electron chi connectivity index (χ0n) is 11.4. The van der Waals surface area contributed by atoms with Gasteiger partial charge in [0.15, 0.2) is 6.61 Å². The summed E-state index contributed by atoms with van der Waals surface area (Å²) in [5.74, 6) is 0.274. The molecule has 0 saturated carbocycles. The van der Waals surface area contributed by atoms with E-state index in [1.54, 1.807) is 18.2 Å². The van der Waals surface area contributed by atoms with Crippen molar-refractivity contribution in [2.45, 2.75) is 6.92 Å². The van der Waals surface area contributed by atoms with Crippen molar-refractivity contribution in [2.24, 2.45) is 0 Å². The van der Waals surface area contributed by atoms with Crippen LogP contribution in [0.2, 0.25) is 0 Å². The molecule has 0 unspecified atom stereocenters. The van der Waals surface area contributed by atoms with Crippen LogP contribution in [-0.4, -0.2) is 18.8 Å². The van der Waals surface area contributed by atoms with E-state index in [0.717, 1.165) is 17.5 Å². The molecule has 1 N–H and O–H groups in total. The van der Waals surface area contributed by atoms with Gasteiger partial charge < -0.3 is 10.1 Å². The van der Waals surface area contributed by atoms with E-state index in [9.17, 15) is 9.59 Å². The molecule has 0 saturated heterocycles. The van der Waals surface area contributed by atoms with Crippen LogP contribution in [0, 0.1) is 6.92 Å². The van der Waals surface area contributed by atoms with Crippen molar-refractivity contribution in [2.75, 3.05) is 11.9 Å². The van der Waals surface area contributed by atoms with Gasteiger partial charge in [-0.15, -0.1) is 0 Å². The number of ether oxygens (including phenoxy) is 1. The van der Waals surface area contributed by atoms with E-state index in [-0.39, 0.29) is 12.5 Å². The molecule has 0 atom stereocenters. The number of benzene rings is 2. The van der Waals surface area contributed by atoms with E-state index in [1.165, 1.54) is 0 Å². The number of amides is 1. The number of aryl methyl sites for hydroxylation is 1. The number of nitrogens with one attached hydrogen (secondary N) is 1. The fraction of sp³-hybridized carbons (Fsp3) is 0.125. The van der Waals surface area contributed by atoms with Gasteiger partial charge in [-0.05, 0) is 52.7 Å². The minimum atomic E-state index is -0.240. The normalized spacial score (nSPS) is 10.0. The van der Waals surface area contributed by atoms with E-state index >= 15 is 0 Å². The highest BCUT2D eigenvalue weighted by Gasteiger charge is 2.07. The number of carbonyl (C=O) groups is 2. The van der Waals surface area contributed by atoms with Crippen molar-refractivity contribution in [1.82, 2.24) is 0 Å². The zero-order chi connectivity index (χ0) is 15.2. The number of rotatable bonds is 5. The summed E-state index contributed by atoms with van der Waals surface area (Å²) in [5.41, 5.74) is 2.29. The fourth-order valence-corrected chi connectivity index (χ4v) is 2.26. The Hall–Kier alpha value is -2.14. The van der Waals surface area contributed by atoms with Gasteiger partial charge in [-0.2, -0.15) is 0 Å². The van der Waals surface area contributed by atoms with Crippen molar-refractivity contribution in [3.8, 4) is 5.75 Å². The summed E-state index contributed by atoms with van der Waals surface area (Å²) >= 11 is 3.30. The first-order valence-electron chi connectivity index (χ1n) is 6.33. The quantitative estimate of drug-likeness (QED) is 0.841. The molecule has 2 aromatic rings. The Morgan fingerprint density at radius 1 is 1.29 bits per heavy atom. The minimum Gasteiger partial charge on any atom is -0.483 e. The molecule has 0 heterocycles. The number of aldehydes is 1. The third-order valence-corrected chi connectivity index (χ3v) is 3.49. The highest BCUT2D eigenvalue weighted by atomic mass is 79.9. The maximum absolute atomic E-state index is 11.9. The molecule has 0 fully saturated rings. The first kappa shape index (κ1) is 15.3. The van der Waals surface area contributed by atoms with E-state index < -0.39 is 0 Å². The average Bonchev–Trinajstić information content (AvgIpc) is 2.48. The number of hydrogen-bond donors (Lipinski definition) is 1. The topological polar surface area (TPSA) is 55.4 Å². The second-order valence-corrected chi connectivity index (χ2v) is 5.31. The van der Waals surface area contributed by atoms with Gasteiger partial charge in [0.2, 0.25) is 0 Å². The van der Waals surface area contributed by atoms with Gasteiger partial charge in [-0.25, -0.2) is 0 Å². The maximum Gasteiger partial charge on any atom is 0.262 e. The number of para-hydroxylation sites is 1. The van der Waals surface area contributed by atoms with Crippen molar-refractivity contribution < 1.29 is 14.3 Å². The maximum atomic E-state index is 11.9. The molecule has 21 heavy (non-hydrogen) atoms. The highest BCUT2D eigenvalue weighted by Crippen LogP contribution is 2.25. The standard InChI is InChI=1S/C16H14BrNO3/c1-11-4-2-3-5-14(11)18-16(20)10-21-15-7-6-12(9-19)8-13(15)17/h2-9H,10H2,1H3,(H,18,20). The van der Waals surface area contributed by atoms with Crippen molar-refractivity contribution in [3.63, 3.8) is 0 Å². The Bertz CT molecular complexity index is 670. The van der Waals surface area contributed by atoms with Crippen LogP contribution >= 0.6 is 15.9 Å². The van der Waals surface area contributed by atoms with Gasteiger partial charge in [0.25, 0.3) is 5.91 Å². The highest BCUT2D eigenvalue weighted by molar-refractivity contribution is 9.10. The molecule has 2 aromatic carbocycles. The molecule has 0 bridgehead atoms. The van der Waals surface area contributed by atoms with Crippen molar-refractivity contribution in [3.05, 3.63) is 58.1 Å². The van der Waals surface area contributed by atoms with Crippen LogP contribution in [0.4, 0.5) is 5.69 Å². The van der Waals surface area contributed by atoms with E-state index in [2.05, 4.69) is 21.2 Å². The summed E-state index contributed by atoms with van der Waals surface area (Å²) in [7, 11) is 0. The van der Waals surface area contributed by atoms with Crippen molar-refractivity contribution >= 4 is 33.8 Å². The number of halogens is 1. The van der Waals surface area contributed by atoms with Gasteiger partial charge in [-0.1, -0.05) is 18.2 Å². The lowest BCUT2D eigenvalue weighted by Gasteiger charge is -2.10. The first-order valence-corrected chi connectivity index (χ1v) is 7.12. The Labute approximate surface area is 131 Å². The Kier molecular flexibility index (Phi) is 5.11. The molecule has 108 valence electrons. The van der Waals surface area contributed by atoms with E-state index in [1.807, 2.05) is 31.2 Å². The Morgan fingerprint density at radius 3 is 2.71 bits per heavy atom. The van der Waals surface area contributed by atoms with Gasteiger partial charge in [-0.3, -0.25) is 9.59 Å². The largest absolute Gasteiger partial charge is 0.483 e. The number of anilines is 1. The van der Waals surface area contributed by atoms with Gasteiger partial charge in [0.05, 0.1) is 4.47 Å². The fourth-order valence-electron chi connectivity index (χ4n) is 1.75. The molecule has 0 aliphatic rings. The molecular weight excluding hydrogens is 334 g/mol. The number of carbonyl (C=O) groups excluding carboxylic acids is 2. The van der Waals surface area contributed by atoms with E-state index in [4.69, 9.17) is 4.74 Å². The summed E-state index contributed by atoms with van der Waals surface area (Å²) in [6, 6.07) is 12.4. The third-order valence-electron chi connectivity index (χ3n) is 2.87. The second kappa shape index (κ2) is 7.04. The molecule has 4 nitrogen and oxygen atoms in total. The lowest BCUT2D eigenvalue weighted by atomic mass is 10.2. The van der Waals surface area contributed by atoms with Crippen molar-refractivity contribution in [1.29, 1.82) is 0 Å². The Balaban J connectivity index is 1.95. The lowest BCUT2D eigenvalue weighted by molar-refractivity contribution is -0.118. The molecule has 0 spiro atoms. The van der Waals surface area contributed by atoms with Crippen LogP contribution in [0.25, 0.3) is 0 Å². The Morgan fingerprint density at radius 2 is 2.05 bits per heavy atom. The molecule has 0 aliphatic carbocycles. The van der Waals surface area contributed by atoms with Crippen LogP contribution in [0.1, 0.15) is 15.9 Å². The number of hydrogen-bond acceptors (Lipinski definition) is 3. The van der Waals surface area contributed by atoms with Gasteiger partial charge >= 0.3 is 0 Å². The molecule has 0 aromatic heterocycles. The minimum absolute atomic E-state index is 0.104. The van der Waals surface area contributed by atoms with Crippen LogP contribution in [-0.2, 0) is 4.79 Å². The molecule has 2 rings (SSSR count). The monoisotopic (exact) mass is 347 g/mol. The zero-order valence-corrected chi connectivity index (χ0v) is 13.0. The predicted molar refractivity (Wildman–Crippen MR) is 84.8 cm³/mol. The summed E-state index contributed by atoms with van der Waals surface area (Å²) in [6.07, 6.45) is 0.749. The first-order chi connectivity index (χ1) is 10.1. The van der Waals surface area contributed by atoms with Gasteiger partial charge in [0.1, 0.15) is 12.0 Å². The third kappa shape index (κ3) is 4.16. The summed E-state index contributed by atoms with van der Waals surface area (Å²) in [4.78, 5) is 22.5. The summed E-state index contributed by atoms with van der Waals surface area (Å²) in [5, 5.41) is 2.79. The van der Waals surface area contributed by atoms with Crippen LogP contribution in [0.5, 0.6) is 5.75 Å². The second-order valence-electron chi connectivity index (χ2n) is 4.46. The van der Waals surface area contributed by atoms with Gasteiger partial charge in [0, 0.05) is 11.3 Å². The molecule has 1 amide bonds. The average molecular weight is 348 g/mol. The van der Waals surface area contributed by atoms with E-state index in [0.29, 0.717) is 15.8 Å². The lowest BCUT2D eigenvalue weighted by Crippen LogP contribution is -2.20. The summed E-state index contributed by atoms with van der Waals surface area (Å²) in [6.45, 7) is 1.82. The molecular formula is C16H14BrNO3. The molecule has 0 aliphatic heterocycles. The molecule has 5 heteroatoms.